The lowest BCUT2D eigenvalue weighted by Gasteiger charge is -2.24. The van der Waals surface area contributed by atoms with E-state index in [1.165, 1.54) is 115 Å². The average Bonchev–Trinajstić information content (AvgIpc) is 2.68. The lowest BCUT2D eigenvalue weighted by atomic mass is 10.0. The first kappa shape index (κ1) is 28.9. The van der Waals surface area contributed by atoms with Crippen molar-refractivity contribution in [2.24, 2.45) is 5.92 Å². The molecule has 0 fully saturated rings. The summed E-state index contributed by atoms with van der Waals surface area (Å²) in [6, 6.07) is 0. The van der Waals surface area contributed by atoms with Crippen molar-refractivity contribution in [3.05, 3.63) is 12.2 Å². The highest BCUT2D eigenvalue weighted by Crippen LogP contribution is 2.13. The van der Waals surface area contributed by atoms with Gasteiger partial charge in [-0.3, -0.25) is 0 Å². The van der Waals surface area contributed by atoms with Gasteiger partial charge in [-0.25, -0.2) is 0 Å². The third kappa shape index (κ3) is 23.7. The van der Waals surface area contributed by atoms with Gasteiger partial charge in [-0.1, -0.05) is 98.0 Å². The second-order valence-corrected chi connectivity index (χ2v) is 8.39. The van der Waals surface area contributed by atoms with Crippen molar-refractivity contribution < 1.29 is 0 Å². The Labute approximate surface area is 174 Å². The maximum atomic E-state index is 4.00. The maximum Gasteiger partial charge on any atom is -0.00162 e. The minimum absolute atomic E-state index is 0.884. The van der Waals surface area contributed by atoms with Gasteiger partial charge in [0.15, 0.2) is 0 Å². The Morgan fingerprint density at radius 1 is 0.741 bits per heavy atom. The van der Waals surface area contributed by atoms with E-state index in [-0.39, 0.29) is 0 Å². The summed E-state index contributed by atoms with van der Waals surface area (Å²) in [6.07, 6.45) is 19.3. The van der Waals surface area contributed by atoms with Gasteiger partial charge in [0.05, 0.1) is 0 Å². The van der Waals surface area contributed by atoms with E-state index in [1.54, 1.807) is 0 Å². The smallest absolute Gasteiger partial charge is 0.00162 e. The van der Waals surface area contributed by atoms with Crippen molar-refractivity contribution in [1.82, 2.24) is 4.90 Å². The van der Waals surface area contributed by atoms with Crippen molar-refractivity contribution in [1.29, 1.82) is 0 Å². The summed E-state index contributed by atoms with van der Waals surface area (Å²) < 4.78 is 0. The molecule has 0 radical (unpaired) electrons. The number of unbranched alkanes of at least 4 members (excludes halogenated alkanes) is 9. The molecule has 0 aromatic carbocycles. The summed E-state index contributed by atoms with van der Waals surface area (Å²) in [5.74, 6) is 0.884. The molecule has 27 heavy (non-hydrogen) atoms. The van der Waals surface area contributed by atoms with E-state index in [0.717, 1.165) is 5.92 Å². The van der Waals surface area contributed by atoms with Gasteiger partial charge in [-0.15, -0.1) is 6.58 Å². The highest BCUT2D eigenvalue weighted by atomic mass is 15.1. The number of hydrogen-bond acceptors (Lipinski definition) is 1. The molecule has 0 bridgehead atoms. The molecule has 0 aliphatic rings. The summed E-state index contributed by atoms with van der Waals surface area (Å²) in [6.45, 7) is 21.2. The zero-order valence-corrected chi connectivity index (χ0v) is 20.3. The summed E-state index contributed by atoms with van der Waals surface area (Å²) in [4.78, 5) is 2.76. The molecule has 0 heterocycles. The first-order valence-corrected chi connectivity index (χ1v) is 12.5. The van der Waals surface area contributed by atoms with Crippen molar-refractivity contribution >= 4 is 0 Å². The standard InChI is InChI=1S/C24H49N.C2H6/c1-6-8-9-10-13-16-20-25(22-19-24(5)7-2)21-17-14-11-12-15-18-23(3)4;1-2/h24H,3,6-22H2,1-2,4-5H3;1-2H3. The van der Waals surface area contributed by atoms with Crippen LogP contribution < -0.4 is 0 Å². The Kier molecular flexibility index (Phi) is 25.4. The first-order chi connectivity index (χ1) is 13.1. The molecule has 0 amide bonds. The van der Waals surface area contributed by atoms with Crippen LogP contribution in [-0.2, 0) is 0 Å². The fourth-order valence-corrected chi connectivity index (χ4v) is 3.35. The van der Waals surface area contributed by atoms with Crippen molar-refractivity contribution in [2.45, 2.75) is 131 Å². The molecule has 0 aromatic heterocycles. The third-order valence-corrected chi connectivity index (χ3v) is 5.54. The summed E-state index contributed by atoms with van der Waals surface area (Å²) >= 11 is 0. The topological polar surface area (TPSA) is 3.24 Å². The lowest BCUT2D eigenvalue weighted by molar-refractivity contribution is 0.242. The molecule has 0 aromatic rings. The van der Waals surface area contributed by atoms with Crippen molar-refractivity contribution in [3.63, 3.8) is 0 Å². The summed E-state index contributed by atoms with van der Waals surface area (Å²) in [5.41, 5.74) is 1.34. The SMILES string of the molecule is C=C(C)CCCCCCCN(CCCCCCCC)CCC(C)CC.CC. The molecule has 164 valence electrons. The Hall–Kier alpha value is -0.300. The Bertz CT molecular complexity index is 284. The van der Waals surface area contributed by atoms with E-state index in [2.05, 4.69) is 39.2 Å². The quantitative estimate of drug-likeness (QED) is 0.159. The van der Waals surface area contributed by atoms with Crippen LogP contribution in [0.4, 0.5) is 0 Å². The number of rotatable bonds is 19. The first-order valence-electron chi connectivity index (χ1n) is 12.5. The van der Waals surface area contributed by atoms with E-state index < -0.39 is 0 Å². The lowest BCUT2D eigenvalue weighted by Crippen LogP contribution is -2.28. The van der Waals surface area contributed by atoms with Gasteiger partial charge in [-0.05, 0) is 64.6 Å². The highest BCUT2D eigenvalue weighted by molar-refractivity contribution is 4.86. The molecular weight excluding hydrogens is 326 g/mol. The zero-order chi connectivity index (χ0) is 20.8. The molecule has 0 spiro atoms. The molecule has 0 rings (SSSR count). The van der Waals surface area contributed by atoms with Crippen LogP contribution in [0.25, 0.3) is 0 Å². The molecule has 1 unspecified atom stereocenters. The van der Waals surface area contributed by atoms with Gasteiger partial charge in [0.2, 0.25) is 0 Å². The summed E-state index contributed by atoms with van der Waals surface area (Å²) in [5, 5.41) is 0. The highest BCUT2D eigenvalue weighted by Gasteiger charge is 2.07. The van der Waals surface area contributed by atoms with Gasteiger partial charge in [0.1, 0.15) is 0 Å². The van der Waals surface area contributed by atoms with E-state index in [1.807, 2.05) is 13.8 Å². The number of allylic oxidation sites excluding steroid dienone is 1. The molecule has 1 atom stereocenters. The molecule has 0 N–H and O–H groups in total. The minimum atomic E-state index is 0.884. The van der Waals surface area contributed by atoms with Gasteiger partial charge in [0, 0.05) is 0 Å². The third-order valence-electron chi connectivity index (χ3n) is 5.54. The van der Waals surface area contributed by atoms with E-state index >= 15 is 0 Å². The van der Waals surface area contributed by atoms with Crippen LogP contribution in [0.2, 0.25) is 0 Å². The van der Waals surface area contributed by atoms with Crippen LogP contribution in [0, 0.1) is 5.92 Å². The monoisotopic (exact) mass is 381 g/mol. The van der Waals surface area contributed by atoms with Crippen molar-refractivity contribution in [2.75, 3.05) is 19.6 Å². The average molecular weight is 382 g/mol. The second-order valence-electron chi connectivity index (χ2n) is 8.39. The minimum Gasteiger partial charge on any atom is -0.303 e. The van der Waals surface area contributed by atoms with E-state index in [4.69, 9.17) is 0 Å². The van der Waals surface area contributed by atoms with E-state index in [0.29, 0.717) is 0 Å². The predicted octanol–water partition coefficient (Wildman–Crippen LogP) is 9.03. The second kappa shape index (κ2) is 23.7. The van der Waals surface area contributed by atoms with Crippen LogP contribution >= 0.6 is 0 Å². The van der Waals surface area contributed by atoms with Gasteiger partial charge < -0.3 is 4.90 Å². The molecule has 0 aliphatic heterocycles. The molecule has 0 aliphatic carbocycles. The van der Waals surface area contributed by atoms with E-state index in [9.17, 15) is 0 Å². The number of nitrogens with zero attached hydrogens (tertiary/aromatic N) is 1. The predicted molar refractivity (Wildman–Crippen MR) is 128 cm³/mol. The van der Waals surface area contributed by atoms with Crippen LogP contribution in [-0.4, -0.2) is 24.5 Å². The Morgan fingerprint density at radius 2 is 1.22 bits per heavy atom. The molecule has 0 saturated carbocycles. The largest absolute Gasteiger partial charge is 0.303 e. The molecule has 1 nitrogen and oxygen atoms in total. The molecule has 0 saturated heterocycles. The normalized spacial score (nSPS) is 12.0. The van der Waals surface area contributed by atoms with Crippen LogP contribution in [0.5, 0.6) is 0 Å². The Balaban J connectivity index is 0. The van der Waals surface area contributed by atoms with Crippen LogP contribution in [0.15, 0.2) is 12.2 Å². The molecular formula is C26H55N. The summed E-state index contributed by atoms with van der Waals surface area (Å²) in [7, 11) is 0. The fraction of sp³-hybridized carbons (Fsp3) is 0.923. The van der Waals surface area contributed by atoms with Gasteiger partial charge >= 0.3 is 0 Å². The van der Waals surface area contributed by atoms with Gasteiger partial charge in [0.25, 0.3) is 0 Å². The van der Waals surface area contributed by atoms with Crippen LogP contribution in [0.3, 0.4) is 0 Å². The van der Waals surface area contributed by atoms with Gasteiger partial charge in [-0.2, -0.15) is 0 Å². The van der Waals surface area contributed by atoms with Crippen molar-refractivity contribution in [3.8, 4) is 0 Å². The maximum absolute atomic E-state index is 4.00. The fourth-order valence-electron chi connectivity index (χ4n) is 3.35. The molecule has 1 heteroatoms. The van der Waals surface area contributed by atoms with Crippen LogP contribution in [0.1, 0.15) is 131 Å². The number of hydrogen-bond donors (Lipinski definition) is 0. The Morgan fingerprint density at radius 3 is 1.70 bits per heavy atom. The zero-order valence-electron chi connectivity index (χ0n) is 20.3.